The summed E-state index contributed by atoms with van der Waals surface area (Å²) in [6, 6.07) is 0.0226. The van der Waals surface area contributed by atoms with Gasteiger partial charge in [0.1, 0.15) is 5.82 Å². The van der Waals surface area contributed by atoms with E-state index in [1.165, 1.54) is 5.82 Å². The number of aryl methyl sites for hydroxylation is 1. The molecule has 1 fully saturated rings. The fourth-order valence-electron chi connectivity index (χ4n) is 3.40. The minimum absolute atomic E-state index is 0.0226. The number of imidazole rings is 1. The minimum Gasteiger partial charge on any atom is -0.378 e. The SMILES string of the molecule is CN(C[C@H]1CCc2nccn2C1)C(=O)NCC[C@@H]1CCCO1. The number of carbonyl (C=O) groups is 1. The molecule has 0 aromatic carbocycles. The van der Waals surface area contributed by atoms with Crippen molar-refractivity contribution in [3.05, 3.63) is 18.2 Å². The van der Waals surface area contributed by atoms with Gasteiger partial charge in [0.15, 0.2) is 0 Å². The molecule has 122 valence electrons. The van der Waals surface area contributed by atoms with Crippen LogP contribution in [0.4, 0.5) is 4.79 Å². The summed E-state index contributed by atoms with van der Waals surface area (Å²) in [6.07, 6.45) is 9.53. The Morgan fingerprint density at radius 3 is 3.27 bits per heavy atom. The zero-order valence-electron chi connectivity index (χ0n) is 13.3. The molecule has 1 N–H and O–H groups in total. The van der Waals surface area contributed by atoms with Crippen LogP contribution in [0.3, 0.4) is 0 Å². The van der Waals surface area contributed by atoms with Crippen LogP contribution in [-0.4, -0.2) is 53.3 Å². The molecule has 1 aromatic heterocycles. The average Bonchev–Trinajstić information content (AvgIpc) is 3.17. The van der Waals surface area contributed by atoms with Crippen molar-refractivity contribution in [1.82, 2.24) is 19.8 Å². The number of hydrogen-bond donors (Lipinski definition) is 1. The molecule has 1 aromatic rings. The van der Waals surface area contributed by atoms with Crippen LogP contribution in [0.5, 0.6) is 0 Å². The number of amides is 2. The van der Waals surface area contributed by atoms with E-state index in [4.69, 9.17) is 4.74 Å². The number of hydrogen-bond acceptors (Lipinski definition) is 3. The highest BCUT2D eigenvalue weighted by Crippen LogP contribution is 2.19. The van der Waals surface area contributed by atoms with Gasteiger partial charge >= 0.3 is 6.03 Å². The predicted molar refractivity (Wildman–Crippen MR) is 83.7 cm³/mol. The minimum atomic E-state index is 0.0226. The number of ether oxygens (including phenoxy) is 1. The summed E-state index contributed by atoms with van der Waals surface area (Å²) in [4.78, 5) is 18.3. The lowest BCUT2D eigenvalue weighted by Gasteiger charge is -2.28. The topological polar surface area (TPSA) is 59.4 Å². The first-order valence-electron chi connectivity index (χ1n) is 8.33. The Morgan fingerprint density at radius 1 is 1.55 bits per heavy atom. The highest BCUT2D eigenvalue weighted by atomic mass is 16.5. The Morgan fingerprint density at radius 2 is 2.45 bits per heavy atom. The van der Waals surface area contributed by atoms with Gasteiger partial charge in [0.05, 0.1) is 6.10 Å². The third kappa shape index (κ3) is 3.80. The predicted octanol–water partition coefficient (Wildman–Crippen LogP) is 1.66. The van der Waals surface area contributed by atoms with Crippen LogP contribution in [0.2, 0.25) is 0 Å². The standard InChI is InChI=1S/C16H26N4O2/c1-19(16(21)18-7-6-14-3-2-10-22-14)11-13-4-5-15-17-8-9-20(15)12-13/h8-9,13-14H,2-7,10-12H2,1H3,(H,18,21)/t13-,14+/m1/s1. The molecule has 3 rings (SSSR count). The molecule has 6 nitrogen and oxygen atoms in total. The molecule has 2 amide bonds. The van der Waals surface area contributed by atoms with E-state index in [-0.39, 0.29) is 6.03 Å². The first-order valence-corrected chi connectivity index (χ1v) is 8.33. The van der Waals surface area contributed by atoms with Crippen molar-refractivity contribution in [2.75, 3.05) is 26.7 Å². The van der Waals surface area contributed by atoms with E-state index in [9.17, 15) is 4.79 Å². The van der Waals surface area contributed by atoms with E-state index in [1.54, 1.807) is 0 Å². The molecule has 2 aliphatic rings. The number of rotatable bonds is 5. The lowest BCUT2D eigenvalue weighted by atomic mass is 9.99. The normalized spacial score (nSPS) is 24.0. The summed E-state index contributed by atoms with van der Waals surface area (Å²) in [5.74, 6) is 1.68. The van der Waals surface area contributed by atoms with Crippen LogP contribution in [-0.2, 0) is 17.7 Å². The molecule has 0 radical (unpaired) electrons. The number of nitrogens with one attached hydrogen (secondary N) is 1. The lowest BCUT2D eigenvalue weighted by molar-refractivity contribution is 0.104. The second-order valence-corrected chi connectivity index (χ2v) is 6.44. The number of aromatic nitrogens is 2. The Hall–Kier alpha value is -1.56. The van der Waals surface area contributed by atoms with Gasteiger partial charge in [-0.05, 0) is 31.6 Å². The summed E-state index contributed by atoms with van der Waals surface area (Å²) in [5.41, 5.74) is 0. The molecule has 22 heavy (non-hydrogen) atoms. The highest BCUT2D eigenvalue weighted by molar-refractivity contribution is 5.73. The Bertz CT molecular complexity index is 496. The summed E-state index contributed by atoms with van der Waals surface area (Å²) in [6.45, 7) is 3.33. The van der Waals surface area contributed by atoms with Crippen molar-refractivity contribution in [3.8, 4) is 0 Å². The summed E-state index contributed by atoms with van der Waals surface area (Å²) >= 11 is 0. The summed E-state index contributed by atoms with van der Waals surface area (Å²) in [5, 5.41) is 3.00. The fourth-order valence-corrected chi connectivity index (χ4v) is 3.40. The van der Waals surface area contributed by atoms with Gasteiger partial charge in [-0.15, -0.1) is 0 Å². The number of carbonyl (C=O) groups excluding carboxylic acids is 1. The van der Waals surface area contributed by atoms with Gasteiger partial charge in [0, 0.05) is 52.1 Å². The van der Waals surface area contributed by atoms with E-state index < -0.39 is 0 Å². The van der Waals surface area contributed by atoms with Crippen LogP contribution < -0.4 is 5.32 Å². The number of fused-ring (bicyclic) bond motifs is 1. The quantitative estimate of drug-likeness (QED) is 0.900. The second kappa shape index (κ2) is 7.13. The van der Waals surface area contributed by atoms with Crippen molar-refractivity contribution in [2.45, 2.75) is 44.8 Å². The molecule has 0 aliphatic carbocycles. The maximum absolute atomic E-state index is 12.1. The molecule has 0 saturated carbocycles. The van der Waals surface area contributed by atoms with E-state index >= 15 is 0 Å². The molecule has 2 aliphatic heterocycles. The molecule has 1 saturated heterocycles. The van der Waals surface area contributed by atoms with Crippen molar-refractivity contribution < 1.29 is 9.53 Å². The average molecular weight is 306 g/mol. The maximum Gasteiger partial charge on any atom is 0.317 e. The van der Waals surface area contributed by atoms with Crippen LogP contribution in [0.25, 0.3) is 0 Å². The van der Waals surface area contributed by atoms with Gasteiger partial charge in [0.25, 0.3) is 0 Å². The monoisotopic (exact) mass is 306 g/mol. The molecule has 0 bridgehead atoms. The Balaban J connectivity index is 1.38. The van der Waals surface area contributed by atoms with Gasteiger partial charge in [0.2, 0.25) is 0 Å². The van der Waals surface area contributed by atoms with E-state index in [0.717, 1.165) is 51.8 Å². The molecular weight excluding hydrogens is 280 g/mol. The molecule has 2 atom stereocenters. The molecule has 3 heterocycles. The Labute approximate surface area is 131 Å². The first kappa shape index (κ1) is 15.3. The van der Waals surface area contributed by atoms with Crippen molar-refractivity contribution in [3.63, 3.8) is 0 Å². The van der Waals surface area contributed by atoms with Crippen LogP contribution in [0.15, 0.2) is 12.4 Å². The van der Waals surface area contributed by atoms with Crippen molar-refractivity contribution >= 4 is 6.03 Å². The highest BCUT2D eigenvalue weighted by Gasteiger charge is 2.22. The van der Waals surface area contributed by atoms with E-state index in [2.05, 4.69) is 14.9 Å². The van der Waals surface area contributed by atoms with Gasteiger partial charge < -0.3 is 19.5 Å². The maximum atomic E-state index is 12.1. The molecule has 0 unspecified atom stereocenters. The van der Waals surface area contributed by atoms with Gasteiger partial charge in [-0.2, -0.15) is 0 Å². The summed E-state index contributed by atoms with van der Waals surface area (Å²) in [7, 11) is 1.88. The van der Waals surface area contributed by atoms with Gasteiger partial charge in [-0.1, -0.05) is 0 Å². The van der Waals surface area contributed by atoms with Crippen molar-refractivity contribution in [1.29, 1.82) is 0 Å². The lowest BCUT2D eigenvalue weighted by Crippen LogP contribution is -2.42. The summed E-state index contributed by atoms with van der Waals surface area (Å²) < 4.78 is 7.77. The largest absolute Gasteiger partial charge is 0.378 e. The third-order valence-corrected chi connectivity index (χ3v) is 4.68. The molecule has 0 spiro atoms. The second-order valence-electron chi connectivity index (χ2n) is 6.44. The third-order valence-electron chi connectivity index (χ3n) is 4.68. The zero-order valence-corrected chi connectivity index (χ0v) is 13.3. The van der Waals surface area contributed by atoms with Crippen molar-refractivity contribution in [2.24, 2.45) is 5.92 Å². The number of nitrogens with zero attached hydrogens (tertiary/aromatic N) is 3. The van der Waals surface area contributed by atoms with Crippen LogP contribution >= 0.6 is 0 Å². The van der Waals surface area contributed by atoms with Crippen LogP contribution in [0, 0.1) is 5.92 Å². The van der Waals surface area contributed by atoms with Crippen LogP contribution in [0.1, 0.15) is 31.5 Å². The Kier molecular flexibility index (Phi) is 4.97. The fraction of sp³-hybridized carbons (Fsp3) is 0.750. The first-order chi connectivity index (χ1) is 10.7. The van der Waals surface area contributed by atoms with Gasteiger partial charge in [-0.3, -0.25) is 0 Å². The smallest absolute Gasteiger partial charge is 0.317 e. The van der Waals surface area contributed by atoms with E-state index in [0.29, 0.717) is 18.6 Å². The zero-order chi connectivity index (χ0) is 15.4. The van der Waals surface area contributed by atoms with E-state index in [1.807, 2.05) is 24.3 Å². The molecular formula is C16H26N4O2. The molecule has 6 heteroatoms. The number of urea groups is 1. The van der Waals surface area contributed by atoms with Gasteiger partial charge in [-0.25, -0.2) is 9.78 Å².